The molecule has 0 bridgehead atoms. The molecule has 1 aliphatic heterocycles. The molecule has 3 rings (SSSR count). The molecule has 0 atom stereocenters. The SMILES string of the molecule is Cc1c(C(=O)O)nnn1-c1cccc2c1CCN(C)C2.Cl. The number of hydrogen-bond acceptors (Lipinski definition) is 4. The van der Waals surface area contributed by atoms with Crippen LogP contribution >= 0.6 is 12.4 Å². The van der Waals surface area contributed by atoms with E-state index >= 15 is 0 Å². The maximum absolute atomic E-state index is 11.1. The molecule has 7 heteroatoms. The molecule has 0 saturated heterocycles. The molecule has 0 aliphatic carbocycles. The maximum Gasteiger partial charge on any atom is 0.358 e. The maximum atomic E-state index is 11.1. The summed E-state index contributed by atoms with van der Waals surface area (Å²) in [4.78, 5) is 13.3. The van der Waals surface area contributed by atoms with Gasteiger partial charge in [-0.25, -0.2) is 9.48 Å². The van der Waals surface area contributed by atoms with Crippen molar-refractivity contribution in [2.24, 2.45) is 0 Å². The highest BCUT2D eigenvalue weighted by Gasteiger charge is 2.21. The monoisotopic (exact) mass is 308 g/mol. The van der Waals surface area contributed by atoms with Crippen LogP contribution in [-0.2, 0) is 13.0 Å². The lowest BCUT2D eigenvalue weighted by Gasteiger charge is -2.26. The Bertz CT molecular complexity index is 684. The minimum atomic E-state index is -1.04. The average molecular weight is 309 g/mol. The van der Waals surface area contributed by atoms with Gasteiger partial charge in [0.2, 0.25) is 0 Å². The van der Waals surface area contributed by atoms with E-state index in [0.717, 1.165) is 25.2 Å². The van der Waals surface area contributed by atoms with Crippen molar-refractivity contribution in [2.75, 3.05) is 13.6 Å². The quantitative estimate of drug-likeness (QED) is 0.914. The van der Waals surface area contributed by atoms with E-state index in [9.17, 15) is 4.79 Å². The van der Waals surface area contributed by atoms with Gasteiger partial charge in [-0.3, -0.25) is 0 Å². The van der Waals surface area contributed by atoms with Crippen molar-refractivity contribution in [3.63, 3.8) is 0 Å². The molecule has 0 fully saturated rings. The summed E-state index contributed by atoms with van der Waals surface area (Å²) in [6, 6.07) is 6.06. The van der Waals surface area contributed by atoms with Gasteiger partial charge in [-0.1, -0.05) is 17.3 Å². The van der Waals surface area contributed by atoms with E-state index in [1.807, 2.05) is 12.1 Å². The first kappa shape index (κ1) is 15.5. The van der Waals surface area contributed by atoms with Crippen molar-refractivity contribution in [3.8, 4) is 5.69 Å². The van der Waals surface area contributed by atoms with Gasteiger partial charge >= 0.3 is 5.97 Å². The minimum Gasteiger partial charge on any atom is -0.476 e. The number of benzene rings is 1. The molecule has 1 aromatic carbocycles. The molecule has 1 N–H and O–H groups in total. The number of hydrogen-bond donors (Lipinski definition) is 1. The molecule has 0 unspecified atom stereocenters. The summed E-state index contributed by atoms with van der Waals surface area (Å²) in [5.74, 6) is -1.04. The number of carboxylic acids is 1. The Hall–Kier alpha value is -1.92. The van der Waals surface area contributed by atoms with Crippen molar-refractivity contribution in [1.29, 1.82) is 0 Å². The fourth-order valence-corrected chi connectivity index (χ4v) is 2.68. The Kier molecular flexibility index (Phi) is 4.29. The third-order valence-corrected chi connectivity index (χ3v) is 3.76. The summed E-state index contributed by atoms with van der Waals surface area (Å²) in [6.07, 6.45) is 0.934. The summed E-state index contributed by atoms with van der Waals surface area (Å²) < 4.78 is 1.63. The molecule has 2 aromatic rings. The van der Waals surface area contributed by atoms with Crippen LogP contribution in [0.15, 0.2) is 18.2 Å². The highest BCUT2D eigenvalue weighted by Crippen LogP contribution is 2.25. The van der Waals surface area contributed by atoms with E-state index in [0.29, 0.717) is 5.69 Å². The van der Waals surface area contributed by atoms with Crippen LogP contribution in [0.5, 0.6) is 0 Å². The predicted octanol–water partition coefficient (Wildman–Crippen LogP) is 1.68. The van der Waals surface area contributed by atoms with E-state index in [1.165, 1.54) is 11.1 Å². The molecule has 6 nitrogen and oxygen atoms in total. The molecular weight excluding hydrogens is 292 g/mol. The summed E-state index contributed by atoms with van der Waals surface area (Å²) in [5.41, 5.74) is 4.01. The van der Waals surface area contributed by atoms with Gasteiger partial charge in [0, 0.05) is 13.1 Å². The first-order valence-corrected chi connectivity index (χ1v) is 6.53. The summed E-state index contributed by atoms with van der Waals surface area (Å²) in [7, 11) is 2.10. The topological polar surface area (TPSA) is 71.2 Å². The third kappa shape index (κ3) is 2.64. The zero-order valence-corrected chi connectivity index (χ0v) is 12.7. The molecule has 0 radical (unpaired) electrons. The van der Waals surface area contributed by atoms with Crippen LogP contribution in [0.25, 0.3) is 5.69 Å². The molecular formula is C14H17ClN4O2. The molecule has 0 saturated carbocycles. The molecule has 1 aromatic heterocycles. The molecule has 0 spiro atoms. The second-order valence-electron chi connectivity index (χ2n) is 5.14. The van der Waals surface area contributed by atoms with Crippen LogP contribution < -0.4 is 0 Å². The molecule has 21 heavy (non-hydrogen) atoms. The molecule has 112 valence electrons. The summed E-state index contributed by atoms with van der Waals surface area (Å²) in [6.45, 7) is 3.63. The number of aromatic carboxylic acids is 1. The third-order valence-electron chi connectivity index (χ3n) is 3.76. The van der Waals surface area contributed by atoms with Crippen LogP contribution in [0.3, 0.4) is 0 Å². The van der Waals surface area contributed by atoms with Crippen LogP contribution in [0, 0.1) is 6.92 Å². The Balaban J connectivity index is 0.00000161. The normalized spacial score (nSPS) is 14.4. The van der Waals surface area contributed by atoms with Crippen molar-refractivity contribution < 1.29 is 9.90 Å². The Labute approximate surface area is 128 Å². The smallest absolute Gasteiger partial charge is 0.358 e. The highest BCUT2D eigenvalue weighted by atomic mass is 35.5. The van der Waals surface area contributed by atoms with Crippen molar-refractivity contribution in [1.82, 2.24) is 19.9 Å². The number of fused-ring (bicyclic) bond motifs is 1. The lowest BCUT2D eigenvalue weighted by atomic mass is 9.98. The van der Waals surface area contributed by atoms with E-state index in [1.54, 1.807) is 11.6 Å². The number of likely N-dealkylation sites (N-methyl/N-ethyl adjacent to an activating group) is 1. The summed E-state index contributed by atoms with van der Waals surface area (Å²) in [5, 5.41) is 16.8. The number of carboxylic acid groups (broad SMARTS) is 1. The van der Waals surface area contributed by atoms with Crippen LogP contribution in [0.4, 0.5) is 0 Å². The lowest BCUT2D eigenvalue weighted by Crippen LogP contribution is -2.27. The first-order chi connectivity index (χ1) is 9.58. The van der Waals surface area contributed by atoms with Gasteiger partial charge in [0.15, 0.2) is 5.69 Å². The van der Waals surface area contributed by atoms with Gasteiger partial charge in [-0.2, -0.15) is 0 Å². The highest BCUT2D eigenvalue weighted by molar-refractivity contribution is 5.86. The van der Waals surface area contributed by atoms with Crippen molar-refractivity contribution in [2.45, 2.75) is 19.9 Å². The fraction of sp³-hybridized carbons (Fsp3) is 0.357. The van der Waals surface area contributed by atoms with E-state index in [4.69, 9.17) is 5.11 Å². The van der Waals surface area contributed by atoms with Gasteiger partial charge in [-0.15, -0.1) is 17.5 Å². The van der Waals surface area contributed by atoms with E-state index < -0.39 is 5.97 Å². The summed E-state index contributed by atoms with van der Waals surface area (Å²) >= 11 is 0. The zero-order valence-electron chi connectivity index (χ0n) is 11.9. The van der Waals surface area contributed by atoms with Gasteiger partial charge in [-0.05, 0) is 37.6 Å². The standard InChI is InChI=1S/C14H16N4O2.ClH/c1-9-13(14(19)20)15-16-18(9)12-5-3-4-10-8-17(2)7-6-11(10)12;/h3-5H,6-8H2,1-2H3,(H,19,20);1H. The Morgan fingerprint density at radius 3 is 2.81 bits per heavy atom. The molecule has 2 heterocycles. The lowest BCUT2D eigenvalue weighted by molar-refractivity contribution is 0.0689. The van der Waals surface area contributed by atoms with Gasteiger partial charge in [0.1, 0.15) is 0 Å². The fourth-order valence-electron chi connectivity index (χ4n) is 2.68. The zero-order chi connectivity index (χ0) is 14.3. The average Bonchev–Trinajstić information content (AvgIpc) is 2.79. The van der Waals surface area contributed by atoms with Crippen LogP contribution in [-0.4, -0.2) is 44.6 Å². The second-order valence-corrected chi connectivity index (χ2v) is 5.14. The largest absolute Gasteiger partial charge is 0.476 e. The van der Waals surface area contributed by atoms with E-state index in [2.05, 4.69) is 28.3 Å². The van der Waals surface area contributed by atoms with Crippen molar-refractivity contribution in [3.05, 3.63) is 40.7 Å². The predicted molar refractivity (Wildman–Crippen MR) is 80.3 cm³/mol. The van der Waals surface area contributed by atoms with Gasteiger partial charge in [0.25, 0.3) is 0 Å². The second kappa shape index (κ2) is 5.83. The van der Waals surface area contributed by atoms with Crippen LogP contribution in [0.2, 0.25) is 0 Å². The number of halogens is 1. The van der Waals surface area contributed by atoms with Gasteiger partial charge < -0.3 is 10.0 Å². The van der Waals surface area contributed by atoms with Gasteiger partial charge in [0.05, 0.1) is 11.4 Å². The molecule has 1 aliphatic rings. The number of carbonyl (C=O) groups is 1. The first-order valence-electron chi connectivity index (χ1n) is 6.53. The number of rotatable bonds is 2. The van der Waals surface area contributed by atoms with Crippen molar-refractivity contribution >= 4 is 18.4 Å². The van der Waals surface area contributed by atoms with Crippen LogP contribution in [0.1, 0.15) is 27.3 Å². The number of aromatic nitrogens is 3. The molecule has 0 amide bonds. The number of nitrogens with zero attached hydrogens (tertiary/aromatic N) is 4. The Morgan fingerprint density at radius 1 is 1.38 bits per heavy atom. The van der Waals surface area contributed by atoms with E-state index in [-0.39, 0.29) is 18.1 Å². The minimum absolute atomic E-state index is 0. The Morgan fingerprint density at radius 2 is 2.14 bits per heavy atom.